The van der Waals surface area contributed by atoms with Gasteiger partial charge in [0.15, 0.2) is 0 Å². The maximum atomic E-state index is 12.9. The van der Waals surface area contributed by atoms with Crippen molar-refractivity contribution in [2.24, 2.45) is 5.41 Å². The van der Waals surface area contributed by atoms with Crippen LogP contribution in [0.1, 0.15) is 30.9 Å². The maximum absolute atomic E-state index is 12.9. The minimum Gasteiger partial charge on any atom is -0.351 e. The van der Waals surface area contributed by atoms with Crippen LogP contribution in [-0.2, 0) is 11.3 Å². The number of aryl methyl sites for hydroxylation is 1. The van der Waals surface area contributed by atoms with Crippen LogP contribution in [0, 0.1) is 12.3 Å². The summed E-state index contributed by atoms with van der Waals surface area (Å²) in [6.45, 7) is 5.45. The van der Waals surface area contributed by atoms with Crippen molar-refractivity contribution >= 4 is 29.2 Å². The molecule has 0 spiro atoms. The van der Waals surface area contributed by atoms with E-state index in [1.807, 2.05) is 50.2 Å². The second-order valence-corrected chi connectivity index (χ2v) is 8.01. The largest absolute Gasteiger partial charge is 0.351 e. The Morgan fingerprint density at radius 3 is 2.61 bits per heavy atom. The number of halogens is 1. The lowest BCUT2D eigenvalue weighted by Gasteiger charge is -2.39. The topological polar surface area (TPSA) is 61.4 Å². The summed E-state index contributed by atoms with van der Waals surface area (Å²) >= 11 is 6.13. The average Bonchev–Trinajstić information content (AvgIpc) is 2.69. The summed E-state index contributed by atoms with van der Waals surface area (Å²) in [6.07, 6.45) is 1.53. The monoisotopic (exact) mass is 399 g/mol. The van der Waals surface area contributed by atoms with Gasteiger partial charge >= 0.3 is 6.03 Å². The molecule has 2 N–H and O–H groups in total. The number of benzene rings is 2. The number of urea groups is 1. The van der Waals surface area contributed by atoms with E-state index in [-0.39, 0.29) is 11.9 Å². The van der Waals surface area contributed by atoms with Crippen LogP contribution in [0.3, 0.4) is 0 Å². The fourth-order valence-corrected chi connectivity index (χ4v) is 3.74. The number of rotatable bonds is 4. The van der Waals surface area contributed by atoms with Gasteiger partial charge in [-0.2, -0.15) is 0 Å². The van der Waals surface area contributed by atoms with E-state index in [1.54, 1.807) is 17.0 Å². The third-order valence-corrected chi connectivity index (χ3v) is 5.68. The molecule has 28 heavy (non-hydrogen) atoms. The zero-order valence-electron chi connectivity index (χ0n) is 16.3. The molecule has 1 heterocycles. The van der Waals surface area contributed by atoms with Gasteiger partial charge in [0, 0.05) is 19.6 Å². The first-order valence-electron chi connectivity index (χ1n) is 9.52. The summed E-state index contributed by atoms with van der Waals surface area (Å²) in [7, 11) is 0. The van der Waals surface area contributed by atoms with Crippen molar-refractivity contribution in [3.05, 3.63) is 64.7 Å². The van der Waals surface area contributed by atoms with Crippen molar-refractivity contribution in [1.29, 1.82) is 0 Å². The lowest BCUT2D eigenvalue weighted by atomic mass is 9.81. The first-order valence-corrected chi connectivity index (χ1v) is 9.90. The molecule has 148 valence electrons. The van der Waals surface area contributed by atoms with E-state index in [2.05, 4.69) is 10.6 Å². The van der Waals surface area contributed by atoms with Crippen LogP contribution < -0.4 is 10.6 Å². The first kappa shape index (κ1) is 20.2. The number of hydrogen-bond donors (Lipinski definition) is 2. The highest BCUT2D eigenvalue weighted by Gasteiger charge is 2.39. The molecule has 1 aliphatic heterocycles. The normalized spacial score (nSPS) is 19.2. The molecule has 2 aromatic carbocycles. The molecular weight excluding hydrogens is 374 g/mol. The summed E-state index contributed by atoms with van der Waals surface area (Å²) in [5.41, 5.74) is 2.21. The van der Waals surface area contributed by atoms with Crippen molar-refractivity contribution in [2.75, 3.05) is 18.4 Å². The number of carbonyl (C=O) groups excluding carboxylic acids is 2. The molecule has 0 saturated carbocycles. The van der Waals surface area contributed by atoms with Crippen molar-refractivity contribution < 1.29 is 9.59 Å². The molecular formula is C22H26ClN3O2. The third kappa shape index (κ3) is 4.65. The molecule has 6 heteroatoms. The molecule has 0 aliphatic carbocycles. The Morgan fingerprint density at radius 1 is 1.14 bits per heavy atom. The molecule has 0 unspecified atom stereocenters. The number of hydrogen-bond acceptors (Lipinski definition) is 2. The molecule has 3 amide bonds. The van der Waals surface area contributed by atoms with Gasteiger partial charge in [-0.1, -0.05) is 48.0 Å². The summed E-state index contributed by atoms with van der Waals surface area (Å²) < 4.78 is 0. The van der Waals surface area contributed by atoms with Crippen molar-refractivity contribution in [2.45, 2.75) is 33.2 Å². The molecule has 1 aliphatic rings. The van der Waals surface area contributed by atoms with Crippen molar-refractivity contribution in [1.82, 2.24) is 10.2 Å². The highest BCUT2D eigenvalue weighted by atomic mass is 35.5. The van der Waals surface area contributed by atoms with Crippen LogP contribution in [0.15, 0.2) is 48.5 Å². The summed E-state index contributed by atoms with van der Waals surface area (Å²) in [6, 6.07) is 14.9. The standard InChI is InChI=1S/C22H26ClN3O2/c1-16-8-3-4-9-17(16)14-24-20(27)22(2)12-7-13-26(15-22)21(28)25-19-11-6-5-10-18(19)23/h3-6,8-11H,7,12-15H2,1-2H3,(H,24,27)(H,25,28)/t22-/m1/s1. The molecule has 1 atom stereocenters. The molecule has 2 aromatic rings. The number of anilines is 1. The zero-order chi connectivity index (χ0) is 20.1. The number of nitrogens with one attached hydrogen (secondary N) is 2. The Bertz CT molecular complexity index is 870. The number of carbonyl (C=O) groups is 2. The van der Waals surface area contributed by atoms with Crippen molar-refractivity contribution in [3.63, 3.8) is 0 Å². The predicted octanol–water partition coefficient (Wildman–Crippen LogP) is 4.60. The second kappa shape index (κ2) is 8.65. The molecule has 5 nitrogen and oxygen atoms in total. The number of amides is 3. The van der Waals surface area contributed by atoms with E-state index in [9.17, 15) is 9.59 Å². The molecule has 0 radical (unpaired) electrons. The lowest BCUT2D eigenvalue weighted by Crippen LogP contribution is -2.52. The minimum absolute atomic E-state index is 0.0222. The smallest absolute Gasteiger partial charge is 0.321 e. The fraction of sp³-hybridized carbons (Fsp3) is 0.364. The molecule has 0 bridgehead atoms. The number of piperidine rings is 1. The number of nitrogens with zero attached hydrogens (tertiary/aromatic N) is 1. The Labute approximate surface area is 171 Å². The van der Waals surface area contributed by atoms with Crippen LogP contribution in [0.5, 0.6) is 0 Å². The van der Waals surface area contributed by atoms with Gasteiger partial charge < -0.3 is 15.5 Å². The minimum atomic E-state index is -0.612. The quantitative estimate of drug-likeness (QED) is 0.789. The van der Waals surface area contributed by atoms with Gasteiger partial charge in [0.1, 0.15) is 0 Å². The second-order valence-electron chi connectivity index (χ2n) is 7.60. The van der Waals surface area contributed by atoms with Gasteiger partial charge in [0.05, 0.1) is 16.1 Å². The zero-order valence-corrected chi connectivity index (χ0v) is 17.1. The summed E-state index contributed by atoms with van der Waals surface area (Å²) in [5, 5.41) is 6.39. The van der Waals surface area contributed by atoms with Crippen LogP contribution in [0.2, 0.25) is 5.02 Å². The van der Waals surface area contributed by atoms with Crippen LogP contribution >= 0.6 is 11.6 Å². The van der Waals surface area contributed by atoms with Crippen LogP contribution in [0.4, 0.5) is 10.5 Å². The van der Waals surface area contributed by atoms with Gasteiger partial charge in [-0.15, -0.1) is 0 Å². The van der Waals surface area contributed by atoms with Gasteiger partial charge in [-0.25, -0.2) is 4.79 Å². The molecule has 0 aromatic heterocycles. The number of para-hydroxylation sites is 1. The average molecular weight is 400 g/mol. The fourth-order valence-electron chi connectivity index (χ4n) is 3.55. The van der Waals surface area contributed by atoms with Gasteiger partial charge in [-0.3, -0.25) is 4.79 Å². The van der Waals surface area contributed by atoms with Crippen LogP contribution in [0.25, 0.3) is 0 Å². The summed E-state index contributed by atoms with van der Waals surface area (Å²) in [5.74, 6) is -0.0222. The highest BCUT2D eigenvalue weighted by molar-refractivity contribution is 6.33. The maximum Gasteiger partial charge on any atom is 0.321 e. The van der Waals surface area contributed by atoms with Crippen molar-refractivity contribution in [3.8, 4) is 0 Å². The van der Waals surface area contributed by atoms with E-state index < -0.39 is 5.41 Å². The van der Waals surface area contributed by atoms with Gasteiger partial charge in [0.2, 0.25) is 5.91 Å². The van der Waals surface area contributed by atoms with E-state index in [1.165, 1.54) is 0 Å². The third-order valence-electron chi connectivity index (χ3n) is 5.35. The Hall–Kier alpha value is -2.53. The SMILES string of the molecule is Cc1ccccc1CNC(=O)[C@]1(C)CCCN(C(=O)Nc2ccccc2Cl)C1. The lowest BCUT2D eigenvalue weighted by molar-refractivity contribution is -0.132. The Balaban J connectivity index is 1.62. The molecule has 1 saturated heterocycles. The molecule has 1 fully saturated rings. The molecule has 3 rings (SSSR count). The van der Waals surface area contributed by atoms with E-state index in [0.29, 0.717) is 30.3 Å². The summed E-state index contributed by atoms with van der Waals surface area (Å²) in [4.78, 5) is 27.3. The van der Waals surface area contributed by atoms with Gasteiger partial charge in [-0.05, 0) is 49.9 Å². The van der Waals surface area contributed by atoms with Crippen LogP contribution in [-0.4, -0.2) is 29.9 Å². The first-order chi connectivity index (χ1) is 13.4. The Morgan fingerprint density at radius 2 is 1.86 bits per heavy atom. The number of likely N-dealkylation sites (tertiary alicyclic amines) is 1. The van der Waals surface area contributed by atoms with E-state index >= 15 is 0 Å². The van der Waals surface area contributed by atoms with Gasteiger partial charge in [0.25, 0.3) is 0 Å². The predicted molar refractivity (Wildman–Crippen MR) is 112 cm³/mol. The van der Waals surface area contributed by atoms with E-state index in [4.69, 9.17) is 11.6 Å². The Kier molecular flexibility index (Phi) is 6.25. The highest BCUT2D eigenvalue weighted by Crippen LogP contribution is 2.31. The van der Waals surface area contributed by atoms with E-state index in [0.717, 1.165) is 24.0 Å².